The van der Waals surface area contributed by atoms with Gasteiger partial charge < -0.3 is 9.84 Å². The summed E-state index contributed by atoms with van der Waals surface area (Å²) < 4.78 is 5.54. The maximum absolute atomic E-state index is 10.4. The Bertz CT molecular complexity index is 531. The zero-order valence-corrected chi connectivity index (χ0v) is 12.3. The van der Waals surface area contributed by atoms with E-state index < -0.39 is 6.10 Å². The fourth-order valence-electron chi connectivity index (χ4n) is 1.78. The van der Waals surface area contributed by atoms with Gasteiger partial charge in [-0.15, -0.1) is 11.3 Å². The molecule has 1 N–H and O–H groups in total. The van der Waals surface area contributed by atoms with Gasteiger partial charge in [-0.1, -0.05) is 6.92 Å². The quantitative estimate of drug-likeness (QED) is 0.907. The first-order valence-corrected chi connectivity index (χ1v) is 7.26. The number of nitrogens with zero attached hydrogens (tertiary/aromatic N) is 1. The van der Waals surface area contributed by atoms with Crippen LogP contribution in [0.4, 0.5) is 0 Å². The van der Waals surface area contributed by atoms with E-state index in [2.05, 4.69) is 25.8 Å². The first-order valence-electron chi connectivity index (χ1n) is 6.44. The number of pyridine rings is 1. The molecule has 4 heteroatoms. The number of hydrogen-bond acceptors (Lipinski definition) is 4. The topological polar surface area (TPSA) is 42.4 Å². The van der Waals surface area contributed by atoms with Crippen LogP contribution in [0.1, 0.15) is 40.3 Å². The Balaban J connectivity index is 2.20. The van der Waals surface area contributed by atoms with Crippen LogP contribution in [0.15, 0.2) is 24.5 Å². The van der Waals surface area contributed by atoms with Crippen LogP contribution >= 0.6 is 11.3 Å². The van der Waals surface area contributed by atoms with E-state index in [0.29, 0.717) is 12.4 Å². The lowest BCUT2D eigenvalue weighted by molar-refractivity contribution is 0.222. The molecule has 19 heavy (non-hydrogen) atoms. The van der Waals surface area contributed by atoms with Crippen LogP contribution in [-0.4, -0.2) is 16.7 Å². The zero-order chi connectivity index (χ0) is 13.8. The Hall–Kier alpha value is -1.39. The van der Waals surface area contributed by atoms with Crippen molar-refractivity contribution in [1.29, 1.82) is 0 Å². The van der Waals surface area contributed by atoms with Crippen LogP contribution in [0.25, 0.3) is 0 Å². The van der Waals surface area contributed by atoms with Crippen molar-refractivity contribution in [3.05, 3.63) is 45.4 Å². The predicted molar refractivity (Wildman–Crippen MR) is 77.9 cm³/mol. The molecule has 2 aromatic rings. The third-order valence-electron chi connectivity index (χ3n) is 2.98. The van der Waals surface area contributed by atoms with Gasteiger partial charge in [-0.2, -0.15) is 0 Å². The van der Waals surface area contributed by atoms with Crippen LogP contribution in [-0.2, 0) is 0 Å². The van der Waals surface area contributed by atoms with E-state index in [-0.39, 0.29) is 0 Å². The predicted octanol–water partition coefficient (Wildman–Crippen LogP) is 3.63. The highest BCUT2D eigenvalue weighted by molar-refractivity contribution is 7.12. The van der Waals surface area contributed by atoms with Crippen molar-refractivity contribution in [3.63, 3.8) is 0 Å². The monoisotopic (exact) mass is 277 g/mol. The summed E-state index contributed by atoms with van der Waals surface area (Å²) in [5.74, 6) is 0.711. The highest BCUT2D eigenvalue weighted by Crippen LogP contribution is 2.31. The number of aliphatic hydroxyl groups is 1. The number of aromatic nitrogens is 1. The summed E-state index contributed by atoms with van der Waals surface area (Å²) in [5.41, 5.74) is 1.99. The van der Waals surface area contributed by atoms with Gasteiger partial charge in [0, 0.05) is 21.5 Å². The van der Waals surface area contributed by atoms with E-state index in [1.54, 1.807) is 23.7 Å². The van der Waals surface area contributed by atoms with Crippen LogP contribution in [0.5, 0.6) is 5.75 Å². The lowest BCUT2D eigenvalue weighted by Gasteiger charge is -2.10. The Morgan fingerprint density at radius 1 is 1.32 bits per heavy atom. The van der Waals surface area contributed by atoms with Crippen molar-refractivity contribution in [2.75, 3.05) is 6.61 Å². The minimum Gasteiger partial charge on any atom is -0.492 e. The summed E-state index contributed by atoms with van der Waals surface area (Å²) in [6.45, 7) is 6.85. The summed E-state index contributed by atoms with van der Waals surface area (Å²) in [7, 11) is 0. The molecule has 0 aliphatic rings. The molecule has 1 unspecified atom stereocenters. The van der Waals surface area contributed by atoms with Crippen molar-refractivity contribution in [1.82, 2.24) is 4.98 Å². The summed E-state index contributed by atoms with van der Waals surface area (Å²) in [6.07, 6.45) is 3.69. The Morgan fingerprint density at radius 3 is 2.74 bits per heavy atom. The minimum absolute atomic E-state index is 0.630. The van der Waals surface area contributed by atoms with Gasteiger partial charge >= 0.3 is 0 Å². The molecule has 0 aliphatic heterocycles. The Labute approximate surface area is 117 Å². The second-order valence-corrected chi connectivity index (χ2v) is 5.88. The third kappa shape index (κ3) is 3.33. The number of aliphatic hydroxyl groups excluding tert-OH is 1. The van der Waals surface area contributed by atoms with Gasteiger partial charge in [0.15, 0.2) is 0 Å². The molecule has 3 nitrogen and oxygen atoms in total. The molecular weight excluding hydrogens is 258 g/mol. The first kappa shape index (κ1) is 14.0. The van der Waals surface area contributed by atoms with Gasteiger partial charge in [0.1, 0.15) is 11.9 Å². The number of aryl methyl sites for hydroxylation is 2. The van der Waals surface area contributed by atoms with Gasteiger partial charge in [-0.25, -0.2) is 0 Å². The average molecular weight is 277 g/mol. The lowest BCUT2D eigenvalue weighted by Crippen LogP contribution is -2.00. The number of ether oxygens (including phenoxy) is 1. The summed E-state index contributed by atoms with van der Waals surface area (Å²) in [6, 6.07) is 3.89. The van der Waals surface area contributed by atoms with Crippen molar-refractivity contribution < 1.29 is 9.84 Å². The molecule has 0 saturated heterocycles. The summed E-state index contributed by atoms with van der Waals surface area (Å²) >= 11 is 1.62. The van der Waals surface area contributed by atoms with Crippen molar-refractivity contribution in [3.8, 4) is 5.75 Å². The molecule has 0 saturated carbocycles. The normalized spacial score (nSPS) is 12.4. The largest absolute Gasteiger partial charge is 0.492 e. The molecule has 0 spiro atoms. The van der Waals surface area contributed by atoms with Crippen LogP contribution in [0.2, 0.25) is 0 Å². The molecule has 0 bridgehead atoms. The molecule has 0 amide bonds. The molecule has 0 radical (unpaired) electrons. The minimum atomic E-state index is -0.630. The van der Waals surface area contributed by atoms with E-state index >= 15 is 0 Å². The fourth-order valence-corrected chi connectivity index (χ4v) is 2.84. The van der Waals surface area contributed by atoms with Crippen molar-refractivity contribution in [2.45, 2.75) is 33.3 Å². The maximum Gasteiger partial charge on any atom is 0.137 e. The van der Waals surface area contributed by atoms with Gasteiger partial charge in [0.05, 0.1) is 12.8 Å². The molecule has 0 aromatic carbocycles. The molecule has 2 heterocycles. The van der Waals surface area contributed by atoms with Crippen LogP contribution < -0.4 is 4.74 Å². The lowest BCUT2D eigenvalue weighted by atomic mass is 10.1. The van der Waals surface area contributed by atoms with E-state index in [1.807, 2.05) is 12.1 Å². The molecular formula is C15H19NO2S. The second kappa shape index (κ2) is 6.17. The Kier molecular flexibility index (Phi) is 4.56. The smallest absolute Gasteiger partial charge is 0.137 e. The Morgan fingerprint density at radius 2 is 2.11 bits per heavy atom. The van der Waals surface area contributed by atoms with Gasteiger partial charge in [0.2, 0.25) is 0 Å². The SMILES string of the molecule is CCCOc1cncc(C(O)c2cc(C)c(C)s2)c1. The first-order chi connectivity index (χ1) is 9.11. The van der Waals surface area contributed by atoms with E-state index in [4.69, 9.17) is 4.74 Å². The number of rotatable bonds is 5. The molecule has 2 rings (SSSR count). The number of thiophene rings is 1. The molecule has 102 valence electrons. The number of hydrogen-bond donors (Lipinski definition) is 1. The highest BCUT2D eigenvalue weighted by atomic mass is 32.1. The summed E-state index contributed by atoms with van der Waals surface area (Å²) in [5, 5.41) is 10.4. The van der Waals surface area contributed by atoms with E-state index in [1.165, 1.54) is 10.4 Å². The average Bonchev–Trinajstić information content (AvgIpc) is 2.76. The second-order valence-electron chi connectivity index (χ2n) is 4.59. The van der Waals surface area contributed by atoms with Crippen LogP contribution in [0, 0.1) is 13.8 Å². The van der Waals surface area contributed by atoms with E-state index in [9.17, 15) is 5.11 Å². The van der Waals surface area contributed by atoms with E-state index in [0.717, 1.165) is 16.9 Å². The van der Waals surface area contributed by atoms with Gasteiger partial charge in [0.25, 0.3) is 0 Å². The van der Waals surface area contributed by atoms with Crippen molar-refractivity contribution >= 4 is 11.3 Å². The molecule has 1 atom stereocenters. The summed E-state index contributed by atoms with van der Waals surface area (Å²) in [4.78, 5) is 6.32. The fraction of sp³-hybridized carbons (Fsp3) is 0.400. The third-order valence-corrected chi connectivity index (χ3v) is 4.18. The van der Waals surface area contributed by atoms with Gasteiger partial charge in [-0.05, 0) is 38.0 Å². The molecule has 0 aliphatic carbocycles. The molecule has 0 fully saturated rings. The van der Waals surface area contributed by atoms with Gasteiger partial charge in [-0.3, -0.25) is 4.98 Å². The maximum atomic E-state index is 10.4. The molecule has 2 aromatic heterocycles. The van der Waals surface area contributed by atoms with Crippen LogP contribution in [0.3, 0.4) is 0 Å². The van der Waals surface area contributed by atoms with Crippen molar-refractivity contribution in [2.24, 2.45) is 0 Å². The highest BCUT2D eigenvalue weighted by Gasteiger charge is 2.15. The standard InChI is InChI=1S/C15H19NO2S/c1-4-5-18-13-7-12(8-16-9-13)15(17)14-6-10(2)11(3)19-14/h6-9,15,17H,4-5H2,1-3H3. The zero-order valence-electron chi connectivity index (χ0n) is 11.5.